The molecular weight excluding hydrogens is 180 g/mol. The van der Waals surface area contributed by atoms with Crippen LogP contribution in [0.4, 0.5) is 17.6 Å². The second-order valence-corrected chi connectivity index (χ2v) is 2.02. The molecule has 0 amide bonds. The van der Waals surface area contributed by atoms with Gasteiger partial charge in [-0.3, -0.25) is 0 Å². The van der Waals surface area contributed by atoms with E-state index in [1.807, 2.05) is 0 Å². The minimum Gasteiger partial charge on any atom is -0.347 e. The lowest BCUT2D eigenvalue weighted by Gasteiger charge is -2.12. The van der Waals surface area contributed by atoms with Crippen molar-refractivity contribution in [2.24, 2.45) is 0 Å². The number of ether oxygens (including phenoxy) is 2. The maximum atomic E-state index is 11.5. The highest BCUT2D eigenvalue weighted by Gasteiger charge is 2.10. The maximum Gasteiger partial charge on any atom is 0.261 e. The Morgan fingerprint density at radius 1 is 0.917 bits per heavy atom. The third-order valence-corrected chi connectivity index (χ3v) is 0.914. The van der Waals surface area contributed by atoms with Crippen molar-refractivity contribution in [1.82, 2.24) is 0 Å². The van der Waals surface area contributed by atoms with Crippen molar-refractivity contribution in [3.05, 3.63) is 0 Å². The lowest BCUT2D eigenvalue weighted by Crippen LogP contribution is -2.20. The molecule has 0 radical (unpaired) electrons. The molecule has 0 bridgehead atoms. The van der Waals surface area contributed by atoms with E-state index in [4.69, 9.17) is 0 Å². The molecule has 0 unspecified atom stereocenters. The summed E-state index contributed by atoms with van der Waals surface area (Å²) in [5, 5.41) is 0. The van der Waals surface area contributed by atoms with Crippen molar-refractivity contribution < 1.29 is 27.0 Å². The van der Waals surface area contributed by atoms with Gasteiger partial charge in [-0.2, -0.15) is 0 Å². The number of halogens is 4. The highest BCUT2D eigenvalue weighted by atomic mass is 19.3. The summed E-state index contributed by atoms with van der Waals surface area (Å²) in [6.45, 7) is -0.320. The van der Waals surface area contributed by atoms with Crippen LogP contribution in [0, 0.1) is 0 Å². The summed E-state index contributed by atoms with van der Waals surface area (Å²) in [5.41, 5.74) is 0. The molecule has 0 aromatic carbocycles. The Kier molecular flexibility index (Phi) is 6.00. The van der Waals surface area contributed by atoms with Gasteiger partial charge in [0.25, 0.3) is 12.9 Å². The number of hydrogen-bond acceptors (Lipinski definition) is 2. The maximum absolute atomic E-state index is 11.5. The number of hydrogen-bond donors (Lipinski definition) is 0. The minimum absolute atomic E-state index is 0.801. The van der Waals surface area contributed by atoms with Crippen molar-refractivity contribution in [3.8, 4) is 0 Å². The highest BCUT2D eigenvalue weighted by Crippen LogP contribution is 2.01. The molecule has 0 rings (SSSR count). The molecule has 0 aliphatic rings. The smallest absolute Gasteiger partial charge is 0.261 e. The summed E-state index contributed by atoms with van der Waals surface area (Å²) in [4.78, 5) is 0. The largest absolute Gasteiger partial charge is 0.347 e. The molecule has 12 heavy (non-hydrogen) atoms. The molecule has 6 heteroatoms. The Morgan fingerprint density at radius 2 is 1.25 bits per heavy atom. The normalized spacial score (nSPS) is 12.0. The molecule has 0 aromatic heterocycles. The van der Waals surface area contributed by atoms with Gasteiger partial charge in [0.2, 0.25) is 0 Å². The van der Waals surface area contributed by atoms with Crippen LogP contribution in [0.15, 0.2) is 0 Å². The predicted molar refractivity (Wildman–Crippen MR) is 33.4 cm³/mol. The summed E-state index contributed by atoms with van der Waals surface area (Å²) < 4.78 is 54.6. The topological polar surface area (TPSA) is 18.5 Å². The van der Waals surface area contributed by atoms with Crippen LogP contribution in [0.25, 0.3) is 0 Å². The van der Waals surface area contributed by atoms with Crippen LogP contribution in [-0.4, -0.2) is 32.4 Å². The van der Waals surface area contributed by atoms with Gasteiger partial charge in [0.1, 0.15) is 13.2 Å². The van der Waals surface area contributed by atoms with E-state index in [0.717, 1.165) is 0 Å². The number of rotatable bonds is 6. The standard InChI is InChI=1S/C6H10F4O2/c1-4(11-2-5(7)8)12-3-6(9)10/h4-6H,2-3H2,1H3. The highest BCUT2D eigenvalue weighted by molar-refractivity contribution is 4.39. The van der Waals surface area contributed by atoms with E-state index in [1.54, 1.807) is 0 Å². The van der Waals surface area contributed by atoms with Gasteiger partial charge >= 0.3 is 0 Å². The molecule has 0 aromatic rings. The van der Waals surface area contributed by atoms with Crippen molar-refractivity contribution in [2.75, 3.05) is 13.2 Å². The summed E-state index contributed by atoms with van der Waals surface area (Å²) in [6, 6.07) is 0. The fraction of sp³-hybridized carbons (Fsp3) is 1.00. The quantitative estimate of drug-likeness (QED) is 0.470. The Hall–Kier alpha value is -0.360. The van der Waals surface area contributed by atoms with Crippen LogP contribution in [0.1, 0.15) is 6.92 Å². The zero-order valence-electron chi connectivity index (χ0n) is 6.47. The lowest BCUT2D eigenvalue weighted by molar-refractivity contribution is -0.167. The van der Waals surface area contributed by atoms with Crippen molar-refractivity contribution in [2.45, 2.75) is 26.1 Å². The van der Waals surface area contributed by atoms with E-state index in [-0.39, 0.29) is 0 Å². The molecular formula is C6H10F4O2. The third-order valence-electron chi connectivity index (χ3n) is 0.914. The first kappa shape index (κ1) is 11.6. The van der Waals surface area contributed by atoms with E-state index >= 15 is 0 Å². The molecule has 0 spiro atoms. The Bertz CT molecular complexity index is 97.7. The predicted octanol–water partition coefficient (Wildman–Crippen LogP) is 1.90. The van der Waals surface area contributed by atoms with Crippen molar-refractivity contribution in [3.63, 3.8) is 0 Å². The molecule has 2 nitrogen and oxygen atoms in total. The summed E-state index contributed by atoms with van der Waals surface area (Å²) in [7, 11) is 0. The van der Waals surface area contributed by atoms with Gasteiger partial charge in [-0.05, 0) is 6.92 Å². The van der Waals surface area contributed by atoms with Crippen LogP contribution in [0.2, 0.25) is 0 Å². The monoisotopic (exact) mass is 190 g/mol. The molecule has 0 saturated heterocycles. The second kappa shape index (κ2) is 6.19. The summed E-state index contributed by atoms with van der Waals surface area (Å²) in [5.74, 6) is 0. The molecule has 74 valence electrons. The first-order chi connectivity index (χ1) is 5.52. The van der Waals surface area contributed by atoms with Crippen LogP contribution in [0.3, 0.4) is 0 Å². The van der Waals surface area contributed by atoms with Crippen LogP contribution < -0.4 is 0 Å². The second-order valence-electron chi connectivity index (χ2n) is 2.02. The van der Waals surface area contributed by atoms with E-state index in [1.165, 1.54) is 6.92 Å². The number of alkyl halides is 4. The van der Waals surface area contributed by atoms with Gasteiger partial charge < -0.3 is 9.47 Å². The van der Waals surface area contributed by atoms with Gasteiger partial charge in [0.15, 0.2) is 6.29 Å². The minimum atomic E-state index is -2.61. The molecule has 0 fully saturated rings. The first-order valence-corrected chi connectivity index (χ1v) is 3.32. The Labute approximate surface area is 67.5 Å². The van der Waals surface area contributed by atoms with E-state index in [9.17, 15) is 17.6 Å². The fourth-order valence-corrected chi connectivity index (χ4v) is 0.465. The average molecular weight is 190 g/mol. The van der Waals surface area contributed by atoms with Crippen LogP contribution in [0.5, 0.6) is 0 Å². The van der Waals surface area contributed by atoms with E-state index in [2.05, 4.69) is 9.47 Å². The Balaban J connectivity index is 3.27. The van der Waals surface area contributed by atoms with E-state index in [0.29, 0.717) is 0 Å². The third kappa shape index (κ3) is 7.74. The Morgan fingerprint density at radius 3 is 1.50 bits per heavy atom. The zero-order valence-corrected chi connectivity index (χ0v) is 6.47. The summed E-state index contributed by atoms with van der Waals surface area (Å²) in [6.07, 6.45) is -6.24. The molecule has 0 N–H and O–H groups in total. The van der Waals surface area contributed by atoms with E-state index < -0.39 is 32.4 Å². The van der Waals surface area contributed by atoms with Crippen LogP contribution in [-0.2, 0) is 9.47 Å². The zero-order chi connectivity index (χ0) is 9.56. The molecule has 0 aliphatic carbocycles. The fourth-order valence-electron chi connectivity index (χ4n) is 0.465. The van der Waals surface area contributed by atoms with Crippen molar-refractivity contribution in [1.29, 1.82) is 0 Å². The van der Waals surface area contributed by atoms with Crippen LogP contribution >= 0.6 is 0 Å². The molecule has 0 atom stereocenters. The summed E-state index contributed by atoms with van der Waals surface area (Å²) >= 11 is 0. The SMILES string of the molecule is CC(OCC(F)F)OCC(F)F. The molecule has 0 aliphatic heterocycles. The van der Waals surface area contributed by atoms with Gasteiger partial charge in [0, 0.05) is 0 Å². The van der Waals surface area contributed by atoms with Gasteiger partial charge in [-0.15, -0.1) is 0 Å². The van der Waals surface area contributed by atoms with Gasteiger partial charge in [0.05, 0.1) is 0 Å². The molecule has 0 saturated carbocycles. The molecule has 0 heterocycles. The van der Waals surface area contributed by atoms with Gasteiger partial charge in [-0.25, -0.2) is 17.6 Å². The van der Waals surface area contributed by atoms with Crippen molar-refractivity contribution >= 4 is 0 Å². The first-order valence-electron chi connectivity index (χ1n) is 3.32. The lowest BCUT2D eigenvalue weighted by atomic mass is 10.7. The van der Waals surface area contributed by atoms with Gasteiger partial charge in [-0.1, -0.05) is 0 Å². The average Bonchev–Trinajstić information content (AvgIpc) is 1.96.